The maximum Gasteiger partial charge on any atom is 0.221 e. The van der Waals surface area contributed by atoms with Gasteiger partial charge in [0.15, 0.2) is 0 Å². The lowest BCUT2D eigenvalue weighted by molar-refractivity contribution is -0.114. The minimum Gasteiger partial charge on any atom is -0.291 e. The predicted molar refractivity (Wildman–Crippen MR) is 63.7 cm³/mol. The van der Waals surface area contributed by atoms with Crippen LogP contribution in [0.3, 0.4) is 0 Å². The number of carbonyl (C=O) groups is 1. The normalized spacial score (nSPS) is 20.9. The topological polar surface area (TPSA) is 32.3 Å². The van der Waals surface area contributed by atoms with Crippen LogP contribution in [0.15, 0.2) is 30.3 Å². The Kier molecular flexibility index (Phi) is 3.94. The van der Waals surface area contributed by atoms with Crippen LogP contribution in [0.4, 0.5) is 0 Å². The van der Waals surface area contributed by atoms with Crippen molar-refractivity contribution in [3.63, 3.8) is 0 Å². The number of amides is 1. The van der Waals surface area contributed by atoms with E-state index in [0.29, 0.717) is 6.04 Å². The van der Waals surface area contributed by atoms with Crippen molar-refractivity contribution in [2.75, 3.05) is 6.54 Å². The SMILES string of the molecule is O=CNN1CCCC1CCc1ccccc1. The highest BCUT2D eigenvalue weighted by Gasteiger charge is 2.23. The molecule has 3 nitrogen and oxygen atoms in total. The molecule has 1 unspecified atom stereocenters. The summed E-state index contributed by atoms with van der Waals surface area (Å²) in [5.74, 6) is 0. The van der Waals surface area contributed by atoms with Crippen molar-refractivity contribution in [3.8, 4) is 0 Å². The summed E-state index contributed by atoms with van der Waals surface area (Å²) in [5.41, 5.74) is 4.16. The second-order valence-electron chi connectivity index (χ2n) is 4.26. The van der Waals surface area contributed by atoms with Crippen LogP contribution in [0, 0.1) is 0 Å². The molecule has 1 saturated heterocycles. The number of nitrogens with one attached hydrogen (secondary N) is 1. The number of hydrogen-bond donors (Lipinski definition) is 1. The lowest BCUT2D eigenvalue weighted by Crippen LogP contribution is -2.40. The first-order chi connectivity index (χ1) is 7.90. The van der Waals surface area contributed by atoms with Crippen molar-refractivity contribution >= 4 is 6.41 Å². The fraction of sp³-hybridized carbons (Fsp3) is 0.462. The average Bonchev–Trinajstić information content (AvgIpc) is 2.76. The van der Waals surface area contributed by atoms with Crippen molar-refractivity contribution in [1.29, 1.82) is 0 Å². The van der Waals surface area contributed by atoms with Gasteiger partial charge < -0.3 is 0 Å². The third kappa shape index (κ3) is 2.83. The molecule has 1 aromatic carbocycles. The molecule has 1 heterocycles. The van der Waals surface area contributed by atoms with Gasteiger partial charge in [-0.2, -0.15) is 0 Å². The monoisotopic (exact) mass is 218 g/mol. The molecule has 1 aromatic rings. The molecule has 1 N–H and O–H groups in total. The van der Waals surface area contributed by atoms with E-state index in [1.807, 2.05) is 6.07 Å². The average molecular weight is 218 g/mol. The van der Waals surface area contributed by atoms with E-state index in [1.54, 1.807) is 0 Å². The van der Waals surface area contributed by atoms with Gasteiger partial charge in [0.2, 0.25) is 6.41 Å². The Morgan fingerprint density at radius 1 is 1.38 bits per heavy atom. The van der Waals surface area contributed by atoms with Crippen LogP contribution in [0.25, 0.3) is 0 Å². The molecule has 2 rings (SSSR count). The molecule has 86 valence electrons. The number of hydrazine groups is 1. The van der Waals surface area contributed by atoms with Crippen LogP contribution in [-0.2, 0) is 11.2 Å². The Balaban J connectivity index is 1.83. The molecule has 0 spiro atoms. The molecule has 1 aliphatic heterocycles. The minimum absolute atomic E-state index is 0.505. The fourth-order valence-electron chi connectivity index (χ4n) is 2.35. The maximum atomic E-state index is 10.4. The van der Waals surface area contributed by atoms with Crippen molar-refractivity contribution in [3.05, 3.63) is 35.9 Å². The third-order valence-corrected chi connectivity index (χ3v) is 3.20. The van der Waals surface area contributed by atoms with Gasteiger partial charge in [0.25, 0.3) is 0 Å². The van der Waals surface area contributed by atoms with Crippen molar-refractivity contribution in [2.45, 2.75) is 31.7 Å². The summed E-state index contributed by atoms with van der Waals surface area (Å²) >= 11 is 0. The molecule has 1 aliphatic rings. The highest BCUT2D eigenvalue weighted by atomic mass is 16.1. The largest absolute Gasteiger partial charge is 0.291 e. The van der Waals surface area contributed by atoms with E-state index >= 15 is 0 Å². The number of aryl methyl sites for hydroxylation is 1. The molecule has 0 aromatic heterocycles. The van der Waals surface area contributed by atoms with E-state index in [4.69, 9.17) is 0 Å². The first kappa shape index (κ1) is 11.1. The van der Waals surface area contributed by atoms with Crippen LogP contribution < -0.4 is 5.43 Å². The Bertz CT molecular complexity index is 326. The number of rotatable bonds is 5. The van der Waals surface area contributed by atoms with Crippen LogP contribution >= 0.6 is 0 Å². The molecule has 16 heavy (non-hydrogen) atoms. The smallest absolute Gasteiger partial charge is 0.221 e. The molecule has 1 fully saturated rings. The molecular weight excluding hydrogens is 200 g/mol. The summed E-state index contributed by atoms with van der Waals surface area (Å²) < 4.78 is 0. The number of nitrogens with zero attached hydrogens (tertiary/aromatic N) is 1. The standard InChI is InChI=1S/C13H18N2O/c16-11-14-15-10-4-7-13(15)9-8-12-5-2-1-3-6-12/h1-3,5-6,11,13H,4,7-10H2,(H,14,16). The Morgan fingerprint density at radius 3 is 2.94 bits per heavy atom. The molecular formula is C13H18N2O. The summed E-state index contributed by atoms with van der Waals surface area (Å²) in [4.78, 5) is 10.4. The minimum atomic E-state index is 0.505. The van der Waals surface area contributed by atoms with Gasteiger partial charge in [0, 0.05) is 12.6 Å². The van der Waals surface area contributed by atoms with E-state index in [0.717, 1.165) is 25.8 Å². The maximum absolute atomic E-state index is 10.4. The summed E-state index contributed by atoms with van der Waals surface area (Å²) in [6, 6.07) is 11.0. The second kappa shape index (κ2) is 5.66. The molecule has 0 radical (unpaired) electrons. The Labute approximate surface area is 96.4 Å². The van der Waals surface area contributed by atoms with Crippen molar-refractivity contribution < 1.29 is 4.79 Å². The lowest BCUT2D eigenvalue weighted by atomic mass is 10.0. The lowest BCUT2D eigenvalue weighted by Gasteiger charge is -2.22. The van der Waals surface area contributed by atoms with Gasteiger partial charge >= 0.3 is 0 Å². The van der Waals surface area contributed by atoms with Gasteiger partial charge in [-0.1, -0.05) is 30.3 Å². The van der Waals surface area contributed by atoms with Gasteiger partial charge in [-0.3, -0.25) is 10.2 Å². The van der Waals surface area contributed by atoms with Gasteiger partial charge in [0.1, 0.15) is 0 Å². The first-order valence-corrected chi connectivity index (χ1v) is 5.90. The van der Waals surface area contributed by atoms with E-state index in [-0.39, 0.29) is 0 Å². The highest BCUT2D eigenvalue weighted by molar-refractivity contribution is 5.45. The molecule has 0 aliphatic carbocycles. The van der Waals surface area contributed by atoms with Gasteiger partial charge in [-0.05, 0) is 31.2 Å². The van der Waals surface area contributed by atoms with Crippen LogP contribution in [-0.4, -0.2) is 24.0 Å². The molecule has 1 amide bonds. The van der Waals surface area contributed by atoms with E-state index in [9.17, 15) is 4.79 Å². The van der Waals surface area contributed by atoms with Crippen LogP contribution in [0.1, 0.15) is 24.8 Å². The summed E-state index contributed by atoms with van der Waals surface area (Å²) in [6.45, 7) is 0.984. The van der Waals surface area contributed by atoms with E-state index in [1.165, 1.54) is 18.4 Å². The summed E-state index contributed by atoms with van der Waals surface area (Å²) in [6.07, 6.45) is 5.35. The van der Waals surface area contributed by atoms with Crippen molar-refractivity contribution in [2.24, 2.45) is 0 Å². The van der Waals surface area contributed by atoms with Gasteiger partial charge in [0.05, 0.1) is 0 Å². The highest BCUT2D eigenvalue weighted by Crippen LogP contribution is 2.19. The summed E-state index contributed by atoms with van der Waals surface area (Å²) in [7, 11) is 0. The quantitative estimate of drug-likeness (QED) is 0.764. The summed E-state index contributed by atoms with van der Waals surface area (Å²) in [5, 5.41) is 2.07. The molecule has 1 atom stereocenters. The van der Waals surface area contributed by atoms with Crippen molar-refractivity contribution in [1.82, 2.24) is 10.4 Å². The Morgan fingerprint density at radius 2 is 2.19 bits per heavy atom. The van der Waals surface area contributed by atoms with Gasteiger partial charge in [-0.25, -0.2) is 5.01 Å². The zero-order valence-electron chi connectivity index (χ0n) is 9.43. The molecule has 0 saturated carbocycles. The Hall–Kier alpha value is -1.35. The number of hydrogen-bond acceptors (Lipinski definition) is 2. The van der Waals surface area contributed by atoms with Gasteiger partial charge in [-0.15, -0.1) is 0 Å². The van der Waals surface area contributed by atoms with Crippen LogP contribution in [0.5, 0.6) is 0 Å². The zero-order chi connectivity index (χ0) is 11.2. The second-order valence-corrected chi connectivity index (χ2v) is 4.26. The number of carbonyl (C=O) groups excluding carboxylic acids is 1. The third-order valence-electron chi connectivity index (χ3n) is 3.20. The van der Waals surface area contributed by atoms with Crippen LogP contribution in [0.2, 0.25) is 0 Å². The molecule has 0 bridgehead atoms. The number of benzene rings is 1. The van der Waals surface area contributed by atoms with E-state index in [2.05, 4.69) is 34.7 Å². The van der Waals surface area contributed by atoms with E-state index < -0.39 is 0 Å². The molecule has 3 heteroatoms. The predicted octanol–water partition coefficient (Wildman–Crippen LogP) is 1.74. The zero-order valence-corrected chi connectivity index (χ0v) is 9.43. The first-order valence-electron chi connectivity index (χ1n) is 5.90. The fourth-order valence-corrected chi connectivity index (χ4v) is 2.35.